The maximum atomic E-state index is 13.9. The van der Waals surface area contributed by atoms with E-state index >= 15 is 0 Å². The number of carboxylic acids is 1. The van der Waals surface area contributed by atoms with Gasteiger partial charge in [-0.25, -0.2) is 0 Å². The van der Waals surface area contributed by atoms with Crippen LogP contribution in [0.3, 0.4) is 0 Å². The number of likely N-dealkylation sites (N-methyl/N-ethyl adjacent to an activating group) is 1. The van der Waals surface area contributed by atoms with Crippen LogP contribution in [-0.4, -0.2) is 96.5 Å². The van der Waals surface area contributed by atoms with Crippen LogP contribution in [0.15, 0.2) is 97.1 Å². The van der Waals surface area contributed by atoms with E-state index in [1.54, 1.807) is 48.5 Å². The molecule has 0 spiro atoms. The van der Waals surface area contributed by atoms with E-state index in [2.05, 4.69) is 21.3 Å². The number of amides is 4. The van der Waals surface area contributed by atoms with Gasteiger partial charge < -0.3 is 40.7 Å². The number of nitrogens with zero attached hydrogens (tertiary/aromatic N) is 1. The molecule has 54 heavy (non-hydrogen) atoms. The van der Waals surface area contributed by atoms with Gasteiger partial charge in [0, 0.05) is 11.3 Å². The van der Waals surface area contributed by atoms with E-state index in [0.717, 1.165) is 0 Å². The molecule has 0 radical (unpaired) electrons. The van der Waals surface area contributed by atoms with E-state index in [-0.39, 0.29) is 52.2 Å². The van der Waals surface area contributed by atoms with Crippen LogP contribution in [0.5, 0.6) is 11.5 Å². The number of benzene rings is 4. The van der Waals surface area contributed by atoms with Gasteiger partial charge in [0.05, 0.1) is 38.3 Å². The van der Waals surface area contributed by atoms with E-state index in [0.29, 0.717) is 15.7 Å². The highest BCUT2D eigenvalue weighted by molar-refractivity contribution is 6.33. The molecule has 4 amide bonds. The van der Waals surface area contributed by atoms with Crippen LogP contribution in [0.4, 0.5) is 5.69 Å². The third-order valence-corrected chi connectivity index (χ3v) is 8.85. The number of nitrogens with one attached hydrogen (secondary N) is 4. The topological polar surface area (TPSA) is 200 Å². The number of rotatable bonds is 15. The molecule has 0 saturated carbocycles. The van der Waals surface area contributed by atoms with Crippen molar-refractivity contribution < 1.29 is 48.2 Å². The Morgan fingerprint density at radius 2 is 1.54 bits per heavy atom. The van der Waals surface area contributed by atoms with Crippen LogP contribution in [-0.2, 0) is 24.0 Å². The highest BCUT2D eigenvalue weighted by Gasteiger charge is 2.57. The number of anilines is 1. The number of carbonyl (C=O) groups excluding carboxylic acids is 5. The zero-order chi connectivity index (χ0) is 39.2. The van der Waals surface area contributed by atoms with Gasteiger partial charge in [-0.15, -0.1) is 0 Å². The molecule has 280 valence electrons. The minimum absolute atomic E-state index is 0.0436. The third-order valence-electron chi connectivity index (χ3n) is 8.55. The van der Waals surface area contributed by atoms with Gasteiger partial charge in [0.15, 0.2) is 24.5 Å². The smallest absolute Gasteiger partial charge is 0.314 e. The number of halogens is 1. The molecule has 0 bridgehead atoms. The number of phenols is 1. The van der Waals surface area contributed by atoms with Crippen LogP contribution in [0, 0.1) is 0 Å². The Morgan fingerprint density at radius 1 is 0.870 bits per heavy atom. The molecule has 0 aromatic heterocycles. The predicted octanol–water partition coefficient (Wildman–Crippen LogP) is 3.01. The summed E-state index contributed by atoms with van der Waals surface area (Å²) in [5.74, 6) is -6.21. The lowest BCUT2D eigenvalue weighted by Crippen LogP contribution is -2.77. The number of quaternary nitrogens is 1. The van der Waals surface area contributed by atoms with Gasteiger partial charge in [0.2, 0.25) is 11.8 Å². The Bertz CT molecular complexity index is 2070. The molecule has 1 aliphatic rings. The summed E-state index contributed by atoms with van der Waals surface area (Å²) in [5.41, 5.74) is -0.618. The fourth-order valence-electron chi connectivity index (χ4n) is 5.97. The van der Waals surface area contributed by atoms with Crippen LogP contribution < -0.4 is 26.0 Å². The van der Waals surface area contributed by atoms with Crippen molar-refractivity contribution in [2.24, 2.45) is 0 Å². The maximum Gasteiger partial charge on any atom is 0.314 e. The summed E-state index contributed by atoms with van der Waals surface area (Å²) in [6.45, 7) is -0.654. The van der Waals surface area contributed by atoms with Crippen molar-refractivity contribution in [1.29, 1.82) is 0 Å². The first-order valence-electron chi connectivity index (χ1n) is 16.7. The average molecular weight is 757 g/mol. The Morgan fingerprint density at radius 3 is 2.11 bits per heavy atom. The summed E-state index contributed by atoms with van der Waals surface area (Å²) < 4.78 is 6.22. The lowest BCUT2D eigenvalue weighted by molar-refractivity contribution is -0.861. The van der Waals surface area contributed by atoms with Gasteiger partial charge in [-0.1, -0.05) is 60.1 Å². The van der Waals surface area contributed by atoms with E-state index in [1.807, 2.05) is 21.1 Å². The minimum Gasteiger partial charge on any atom is -0.508 e. The molecule has 1 saturated heterocycles. The predicted molar refractivity (Wildman–Crippen MR) is 198 cm³/mol. The molecule has 5 rings (SSSR count). The van der Waals surface area contributed by atoms with E-state index < -0.39 is 53.6 Å². The average Bonchev–Trinajstić information content (AvgIpc) is 3.12. The number of ether oxygens (including phenoxy) is 1. The van der Waals surface area contributed by atoms with Gasteiger partial charge in [-0.05, 0) is 59.7 Å². The summed E-state index contributed by atoms with van der Waals surface area (Å²) in [5, 5.41) is 30.5. The van der Waals surface area contributed by atoms with Gasteiger partial charge in [-0.2, -0.15) is 0 Å². The van der Waals surface area contributed by atoms with Crippen molar-refractivity contribution >= 4 is 52.7 Å². The fourth-order valence-corrected chi connectivity index (χ4v) is 6.20. The maximum absolute atomic E-state index is 13.9. The van der Waals surface area contributed by atoms with Crippen LogP contribution in [0.2, 0.25) is 5.02 Å². The second-order valence-corrected chi connectivity index (χ2v) is 14.1. The number of para-hydroxylation sites is 1. The molecule has 3 unspecified atom stereocenters. The lowest BCUT2D eigenvalue weighted by Gasteiger charge is -2.45. The Labute approximate surface area is 315 Å². The highest BCUT2D eigenvalue weighted by atomic mass is 35.5. The van der Waals surface area contributed by atoms with Crippen LogP contribution in [0.1, 0.15) is 39.0 Å². The second kappa shape index (κ2) is 16.2. The second-order valence-electron chi connectivity index (χ2n) is 13.7. The first-order chi connectivity index (χ1) is 25.6. The zero-order valence-corrected chi connectivity index (χ0v) is 30.3. The normalized spacial score (nSPS) is 16.1. The van der Waals surface area contributed by atoms with Gasteiger partial charge in [-0.3, -0.25) is 28.8 Å². The molecular formula is C39H39ClN5O9+. The zero-order valence-electron chi connectivity index (χ0n) is 29.6. The molecule has 1 fully saturated rings. The van der Waals surface area contributed by atoms with Crippen LogP contribution >= 0.6 is 11.6 Å². The molecule has 14 nitrogen and oxygen atoms in total. The number of ketones is 1. The number of aromatic hydroxyl groups is 1. The number of phenolic OH excluding ortho intramolecular Hbond substituents is 1. The van der Waals surface area contributed by atoms with E-state index in [9.17, 15) is 39.0 Å². The third kappa shape index (κ3) is 9.03. The monoisotopic (exact) mass is 756 g/mol. The van der Waals surface area contributed by atoms with E-state index in [4.69, 9.17) is 16.3 Å². The fraction of sp³-hybridized carbons (Fsp3) is 0.231. The van der Waals surface area contributed by atoms with Crippen molar-refractivity contribution in [3.05, 3.63) is 124 Å². The highest BCUT2D eigenvalue weighted by Crippen LogP contribution is 2.35. The quantitative estimate of drug-likeness (QED) is 0.0600. The minimum atomic E-state index is -1.92. The van der Waals surface area contributed by atoms with Crippen molar-refractivity contribution in [2.75, 3.05) is 46.2 Å². The molecule has 1 aliphatic heterocycles. The van der Waals surface area contributed by atoms with Crippen molar-refractivity contribution in [3.63, 3.8) is 0 Å². The molecule has 0 aliphatic carbocycles. The molecule has 6 N–H and O–H groups in total. The summed E-state index contributed by atoms with van der Waals surface area (Å²) >= 11 is 6.43. The molecule has 15 heteroatoms. The standard InChI is InChI=1S/C39H38ClN5O9/c1-45(2,3)20-30(47)42-26-16-12-25(13-17-26)34(49)28-10-7-11-29(40)35(28)54-21-31(48)43-33(24-8-5-4-6-9-24)36(50)44-39(22-41-38(39)53)32(37(51)52)23-14-18-27(46)19-15-23/h4-19,32-33H,20-22H2,1-3H3,(H5-,41,42,43,44,46,47,48,49,50,51,52,53)/p+1. The first kappa shape index (κ1) is 39.0. The number of carboxylic acid groups (broad SMARTS) is 1. The SMILES string of the molecule is C[N+](C)(C)CC(=O)Nc1ccc(C(=O)c2cccc(Cl)c2OCC(=O)NC(C(=O)NC2(C(C(=O)O)c3ccc(O)cc3)CNC2=O)c2ccccc2)cc1. The summed E-state index contributed by atoms with van der Waals surface area (Å²) in [7, 11) is 5.67. The summed E-state index contributed by atoms with van der Waals surface area (Å²) in [6, 6.07) is 22.7. The first-order valence-corrected chi connectivity index (χ1v) is 17.1. The molecular weight excluding hydrogens is 718 g/mol. The summed E-state index contributed by atoms with van der Waals surface area (Å²) in [4.78, 5) is 78.9. The molecule has 4 aromatic carbocycles. The number of hydrogen-bond donors (Lipinski definition) is 6. The Kier molecular flexibility index (Phi) is 11.7. The Balaban J connectivity index is 1.32. The number of carbonyl (C=O) groups is 6. The van der Waals surface area contributed by atoms with Gasteiger partial charge >= 0.3 is 5.97 Å². The molecule has 4 aromatic rings. The van der Waals surface area contributed by atoms with Crippen molar-refractivity contribution in [2.45, 2.75) is 17.5 Å². The number of aliphatic carboxylic acids is 1. The van der Waals surface area contributed by atoms with E-state index in [1.165, 1.54) is 48.5 Å². The summed E-state index contributed by atoms with van der Waals surface area (Å²) in [6.07, 6.45) is 0. The van der Waals surface area contributed by atoms with Gasteiger partial charge in [0.25, 0.3) is 11.8 Å². The van der Waals surface area contributed by atoms with Crippen molar-refractivity contribution in [1.82, 2.24) is 16.0 Å². The number of hydrogen-bond acceptors (Lipinski definition) is 8. The largest absolute Gasteiger partial charge is 0.508 e. The molecule has 1 heterocycles. The number of β-lactam (4-membered cyclic amide) rings is 1. The van der Waals surface area contributed by atoms with Gasteiger partial charge in [0.1, 0.15) is 23.5 Å². The van der Waals surface area contributed by atoms with Crippen LogP contribution in [0.25, 0.3) is 0 Å². The van der Waals surface area contributed by atoms with Crippen molar-refractivity contribution in [3.8, 4) is 11.5 Å². The molecule has 3 atom stereocenters. The lowest BCUT2D eigenvalue weighted by atomic mass is 9.73. The Hall–Kier alpha value is -6.25.